The Morgan fingerprint density at radius 3 is 2.71 bits per heavy atom. The summed E-state index contributed by atoms with van der Waals surface area (Å²) in [5.41, 5.74) is 1.15. The van der Waals surface area contributed by atoms with Gasteiger partial charge in [-0.1, -0.05) is 19.9 Å². The Balaban J connectivity index is 1.89. The van der Waals surface area contributed by atoms with Crippen molar-refractivity contribution in [3.63, 3.8) is 0 Å². The molecule has 1 N–H and O–H groups in total. The zero-order chi connectivity index (χ0) is 12.3. The molecule has 0 aliphatic heterocycles. The molecule has 2 nitrogen and oxygen atoms in total. The zero-order valence-electron chi connectivity index (χ0n) is 11.2. The molecule has 2 heteroatoms. The topological polar surface area (TPSA) is 24.9 Å². The van der Waals surface area contributed by atoms with Crippen molar-refractivity contribution in [2.45, 2.75) is 52.1 Å². The third-order valence-electron chi connectivity index (χ3n) is 4.22. The number of pyridine rings is 1. The van der Waals surface area contributed by atoms with Gasteiger partial charge < -0.3 is 5.32 Å². The lowest BCUT2D eigenvalue weighted by molar-refractivity contribution is 0.217. The molecule has 0 saturated heterocycles. The molecule has 1 aromatic heterocycles. The second-order valence-electron chi connectivity index (χ2n) is 5.61. The van der Waals surface area contributed by atoms with Crippen LogP contribution in [-0.4, -0.2) is 11.0 Å². The maximum absolute atomic E-state index is 4.42. The van der Waals surface area contributed by atoms with Crippen LogP contribution in [-0.2, 0) is 0 Å². The van der Waals surface area contributed by atoms with E-state index < -0.39 is 0 Å². The van der Waals surface area contributed by atoms with E-state index in [-0.39, 0.29) is 0 Å². The minimum atomic E-state index is 0.363. The van der Waals surface area contributed by atoms with Crippen molar-refractivity contribution >= 4 is 0 Å². The predicted molar refractivity (Wildman–Crippen MR) is 71.8 cm³/mol. The molecule has 0 amide bonds. The Labute approximate surface area is 105 Å². The van der Waals surface area contributed by atoms with Crippen LogP contribution in [0.25, 0.3) is 0 Å². The molecule has 1 saturated carbocycles. The number of rotatable bonds is 3. The largest absolute Gasteiger partial charge is 0.306 e. The van der Waals surface area contributed by atoms with Crippen LogP contribution in [0.3, 0.4) is 0 Å². The van der Waals surface area contributed by atoms with Crippen molar-refractivity contribution in [2.75, 3.05) is 0 Å². The van der Waals surface area contributed by atoms with Crippen LogP contribution in [0.1, 0.15) is 51.8 Å². The number of nitrogens with one attached hydrogen (secondary N) is 1. The molecule has 1 aromatic rings. The first-order valence-corrected chi connectivity index (χ1v) is 6.83. The van der Waals surface area contributed by atoms with Gasteiger partial charge in [-0.15, -0.1) is 0 Å². The summed E-state index contributed by atoms with van der Waals surface area (Å²) in [6, 6.07) is 7.17. The normalized spacial score (nSPS) is 31.1. The Morgan fingerprint density at radius 2 is 2.06 bits per heavy atom. The standard InChI is InChI=1S/C15H24N2/c1-11-7-8-14(10-12(11)2)17-13(3)15-6-4-5-9-16-15/h4-6,9,11-14,17H,7-8,10H2,1-3H3/t11?,12?,13-,14?/m1/s1. The summed E-state index contributed by atoms with van der Waals surface area (Å²) in [7, 11) is 0. The second kappa shape index (κ2) is 5.63. The molecular weight excluding hydrogens is 208 g/mol. The number of hydrogen-bond acceptors (Lipinski definition) is 2. The van der Waals surface area contributed by atoms with Crippen LogP contribution in [0.15, 0.2) is 24.4 Å². The Morgan fingerprint density at radius 1 is 1.24 bits per heavy atom. The van der Waals surface area contributed by atoms with E-state index in [1.807, 2.05) is 12.3 Å². The Kier molecular flexibility index (Phi) is 4.16. The minimum absolute atomic E-state index is 0.363. The zero-order valence-corrected chi connectivity index (χ0v) is 11.2. The highest BCUT2D eigenvalue weighted by molar-refractivity contribution is 5.08. The summed E-state index contributed by atoms with van der Waals surface area (Å²) in [6.45, 7) is 6.97. The summed E-state index contributed by atoms with van der Waals surface area (Å²) in [4.78, 5) is 4.42. The summed E-state index contributed by atoms with van der Waals surface area (Å²) in [5, 5.41) is 3.72. The van der Waals surface area contributed by atoms with Crippen LogP contribution in [0, 0.1) is 11.8 Å². The summed E-state index contributed by atoms with van der Waals surface area (Å²) in [6.07, 6.45) is 5.84. The minimum Gasteiger partial charge on any atom is -0.306 e. The average molecular weight is 232 g/mol. The van der Waals surface area contributed by atoms with E-state index in [1.54, 1.807) is 0 Å². The highest BCUT2D eigenvalue weighted by atomic mass is 15.0. The van der Waals surface area contributed by atoms with Crippen LogP contribution < -0.4 is 5.32 Å². The SMILES string of the molecule is CC1CCC(N[C@H](C)c2ccccn2)CC1C. The molecule has 17 heavy (non-hydrogen) atoms. The van der Waals surface area contributed by atoms with Gasteiger partial charge in [0.05, 0.1) is 5.69 Å². The molecule has 0 aromatic carbocycles. The molecule has 94 valence electrons. The first kappa shape index (κ1) is 12.6. The molecule has 0 radical (unpaired) electrons. The third kappa shape index (κ3) is 3.29. The highest BCUT2D eigenvalue weighted by Gasteiger charge is 2.25. The lowest BCUT2D eigenvalue weighted by Crippen LogP contribution is -2.37. The van der Waals surface area contributed by atoms with Crippen molar-refractivity contribution in [2.24, 2.45) is 11.8 Å². The maximum atomic E-state index is 4.42. The maximum Gasteiger partial charge on any atom is 0.0570 e. The van der Waals surface area contributed by atoms with E-state index in [1.165, 1.54) is 19.3 Å². The summed E-state index contributed by atoms with van der Waals surface area (Å²) in [5.74, 6) is 1.73. The van der Waals surface area contributed by atoms with Crippen molar-refractivity contribution < 1.29 is 0 Å². The van der Waals surface area contributed by atoms with Crippen molar-refractivity contribution in [3.8, 4) is 0 Å². The number of hydrogen-bond donors (Lipinski definition) is 1. The van der Waals surface area contributed by atoms with Gasteiger partial charge in [-0.2, -0.15) is 0 Å². The molecule has 4 atom stereocenters. The lowest BCUT2D eigenvalue weighted by atomic mass is 9.79. The van der Waals surface area contributed by atoms with Gasteiger partial charge in [0.1, 0.15) is 0 Å². The van der Waals surface area contributed by atoms with E-state index in [0.29, 0.717) is 12.1 Å². The van der Waals surface area contributed by atoms with Gasteiger partial charge in [-0.25, -0.2) is 0 Å². The fourth-order valence-electron chi connectivity index (χ4n) is 2.77. The number of nitrogens with zero attached hydrogens (tertiary/aromatic N) is 1. The van der Waals surface area contributed by atoms with E-state index >= 15 is 0 Å². The molecule has 1 aliphatic rings. The van der Waals surface area contributed by atoms with Gasteiger partial charge in [-0.05, 0) is 50.2 Å². The molecule has 1 aliphatic carbocycles. The van der Waals surface area contributed by atoms with E-state index in [2.05, 4.69) is 43.2 Å². The lowest BCUT2D eigenvalue weighted by Gasteiger charge is -2.34. The smallest absolute Gasteiger partial charge is 0.0570 e. The van der Waals surface area contributed by atoms with Crippen molar-refractivity contribution in [1.82, 2.24) is 10.3 Å². The predicted octanol–water partition coefficient (Wildman–Crippen LogP) is 3.56. The van der Waals surface area contributed by atoms with E-state index in [4.69, 9.17) is 0 Å². The monoisotopic (exact) mass is 232 g/mol. The average Bonchev–Trinajstić information content (AvgIpc) is 2.35. The van der Waals surface area contributed by atoms with Crippen LogP contribution >= 0.6 is 0 Å². The first-order valence-electron chi connectivity index (χ1n) is 6.83. The molecule has 1 fully saturated rings. The van der Waals surface area contributed by atoms with Crippen LogP contribution in [0.2, 0.25) is 0 Å². The Hall–Kier alpha value is -0.890. The first-order chi connectivity index (χ1) is 8.16. The molecule has 0 spiro atoms. The van der Waals surface area contributed by atoms with Crippen molar-refractivity contribution in [1.29, 1.82) is 0 Å². The van der Waals surface area contributed by atoms with Gasteiger partial charge in [0.2, 0.25) is 0 Å². The molecular formula is C15H24N2. The molecule has 0 bridgehead atoms. The second-order valence-corrected chi connectivity index (χ2v) is 5.61. The van der Waals surface area contributed by atoms with Gasteiger partial charge in [-0.3, -0.25) is 4.98 Å². The van der Waals surface area contributed by atoms with Crippen molar-refractivity contribution in [3.05, 3.63) is 30.1 Å². The van der Waals surface area contributed by atoms with Gasteiger partial charge in [0, 0.05) is 18.3 Å². The summed E-state index contributed by atoms with van der Waals surface area (Å²) >= 11 is 0. The van der Waals surface area contributed by atoms with E-state index in [9.17, 15) is 0 Å². The number of aromatic nitrogens is 1. The molecule has 3 unspecified atom stereocenters. The molecule has 2 rings (SSSR count). The highest BCUT2D eigenvalue weighted by Crippen LogP contribution is 2.30. The summed E-state index contributed by atoms with van der Waals surface area (Å²) < 4.78 is 0. The fraction of sp³-hybridized carbons (Fsp3) is 0.667. The van der Waals surface area contributed by atoms with Gasteiger partial charge in [0.15, 0.2) is 0 Å². The Bertz CT molecular complexity index is 336. The fourth-order valence-corrected chi connectivity index (χ4v) is 2.77. The third-order valence-corrected chi connectivity index (χ3v) is 4.22. The van der Waals surface area contributed by atoms with E-state index in [0.717, 1.165) is 17.5 Å². The van der Waals surface area contributed by atoms with Gasteiger partial charge >= 0.3 is 0 Å². The van der Waals surface area contributed by atoms with Crippen LogP contribution in [0.5, 0.6) is 0 Å². The molecule has 1 heterocycles. The quantitative estimate of drug-likeness (QED) is 0.862. The van der Waals surface area contributed by atoms with Gasteiger partial charge in [0.25, 0.3) is 0 Å². The van der Waals surface area contributed by atoms with Crippen LogP contribution in [0.4, 0.5) is 0 Å².